The highest BCUT2D eigenvalue weighted by Gasteiger charge is 2.78. The van der Waals surface area contributed by atoms with Gasteiger partial charge in [-0.15, -0.1) is 0 Å². The van der Waals surface area contributed by atoms with Gasteiger partial charge in [0.15, 0.2) is 0 Å². The zero-order valence-corrected chi connectivity index (χ0v) is 22.2. The van der Waals surface area contributed by atoms with Crippen LogP contribution in [-0.4, -0.2) is 57.6 Å². The monoisotopic (exact) mass is 519 g/mol. The molecule has 202 valence electrons. The molecule has 1 spiro atoms. The van der Waals surface area contributed by atoms with Crippen molar-refractivity contribution in [3.63, 3.8) is 0 Å². The van der Waals surface area contributed by atoms with Gasteiger partial charge in [-0.3, -0.25) is 14.4 Å². The molecule has 2 aromatic carbocycles. The lowest BCUT2D eigenvalue weighted by molar-refractivity contribution is -0.151. The van der Waals surface area contributed by atoms with Crippen LogP contribution < -0.4 is 10.6 Å². The Labute approximate surface area is 223 Å². The van der Waals surface area contributed by atoms with Crippen molar-refractivity contribution in [2.75, 3.05) is 6.61 Å². The first kappa shape index (κ1) is 26.4. The predicted octanol–water partition coefficient (Wildman–Crippen LogP) is 2.40. The number of amides is 3. The normalized spacial score (nSPS) is 30.4. The molecule has 3 saturated heterocycles. The van der Waals surface area contributed by atoms with Gasteiger partial charge in [-0.25, -0.2) is 0 Å². The molecule has 8 nitrogen and oxygen atoms in total. The van der Waals surface area contributed by atoms with E-state index in [2.05, 4.69) is 10.6 Å². The van der Waals surface area contributed by atoms with Crippen molar-refractivity contribution in [3.05, 3.63) is 71.8 Å². The van der Waals surface area contributed by atoms with E-state index < -0.39 is 35.1 Å². The van der Waals surface area contributed by atoms with Crippen molar-refractivity contribution in [2.45, 2.75) is 70.0 Å². The van der Waals surface area contributed by atoms with E-state index in [0.29, 0.717) is 25.9 Å². The molecule has 38 heavy (non-hydrogen) atoms. The number of ether oxygens (including phenoxy) is 1. The summed E-state index contributed by atoms with van der Waals surface area (Å²) < 4.78 is 6.65. The summed E-state index contributed by atoms with van der Waals surface area (Å²) in [6, 6.07) is 17.7. The molecule has 2 unspecified atom stereocenters. The molecule has 0 radical (unpaired) electrons. The van der Waals surface area contributed by atoms with Gasteiger partial charge in [-0.2, -0.15) is 0 Å². The third-order valence-corrected chi connectivity index (χ3v) is 8.68. The van der Waals surface area contributed by atoms with Gasteiger partial charge >= 0.3 is 0 Å². The van der Waals surface area contributed by atoms with E-state index in [1.165, 1.54) is 4.90 Å². The van der Waals surface area contributed by atoms with E-state index in [4.69, 9.17) is 4.74 Å². The van der Waals surface area contributed by atoms with E-state index in [1.807, 2.05) is 81.4 Å². The molecule has 3 heterocycles. The second-order valence-electron chi connectivity index (χ2n) is 11.4. The fourth-order valence-corrected chi connectivity index (χ4v) is 6.82. The van der Waals surface area contributed by atoms with Crippen molar-refractivity contribution in [2.24, 2.45) is 17.8 Å². The lowest BCUT2D eigenvalue weighted by atomic mass is 9.66. The molecule has 2 aromatic rings. The number of aliphatic hydroxyl groups excluding tert-OH is 1. The Morgan fingerprint density at radius 1 is 0.974 bits per heavy atom. The molecule has 2 bridgehead atoms. The number of fused-ring (bicyclic) bond motifs is 1. The Balaban J connectivity index is 1.46. The van der Waals surface area contributed by atoms with Crippen LogP contribution in [0.3, 0.4) is 0 Å². The van der Waals surface area contributed by atoms with Crippen LogP contribution in [0.25, 0.3) is 0 Å². The summed E-state index contributed by atoms with van der Waals surface area (Å²) in [6.07, 6.45) is 1.07. The maximum atomic E-state index is 14.2. The van der Waals surface area contributed by atoms with Crippen LogP contribution in [0.15, 0.2) is 60.7 Å². The molecule has 0 aromatic heterocycles. The van der Waals surface area contributed by atoms with E-state index in [9.17, 15) is 19.5 Å². The number of hydrogen-bond acceptors (Lipinski definition) is 5. The molecule has 3 aliphatic rings. The Kier molecular flexibility index (Phi) is 7.05. The Hall–Kier alpha value is -3.23. The van der Waals surface area contributed by atoms with Crippen LogP contribution in [0.1, 0.15) is 44.7 Å². The Bertz CT molecular complexity index is 1190. The van der Waals surface area contributed by atoms with Crippen LogP contribution in [0.4, 0.5) is 0 Å². The van der Waals surface area contributed by atoms with Gasteiger partial charge in [-0.1, -0.05) is 74.5 Å². The topological polar surface area (TPSA) is 108 Å². The quantitative estimate of drug-likeness (QED) is 0.472. The highest BCUT2D eigenvalue weighted by atomic mass is 16.5. The van der Waals surface area contributed by atoms with Crippen LogP contribution in [0.2, 0.25) is 0 Å². The smallest absolute Gasteiger partial charge is 0.246 e. The number of benzene rings is 2. The van der Waals surface area contributed by atoms with Crippen LogP contribution in [0.5, 0.6) is 0 Å². The summed E-state index contributed by atoms with van der Waals surface area (Å²) in [5.41, 5.74) is -0.0703. The summed E-state index contributed by atoms with van der Waals surface area (Å²) in [6.45, 7) is 6.09. The lowest BCUT2D eigenvalue weighted by Crippen LogP contribution is -2.58. The van der Waals surface area contributed by atoms with Crippen molar-refractivity contribution >= 4 is 17.7 Å². The van der Waals surface area contributed by atoms with Gasteiger partial charge in [-0.05, 0) is 36.8 Å². The van der Waals surface area contributed by atoms with Crippen molar-refractivity contribution in [1.82, 2.24) is 15.5 Å². The van der Waals surface area contributed by atoms with E-state index in [0.717, 1.165) is 11.1 Å². The number of rotatable bonds is 9. The van der Waals surface area contributed by atoms with Gasteiger partial charge in [0.2, 0.25) is 17.7 Å². The zero-order chi connectivity index (χ0) is 27.1. The highest BCUT2D eigenvalue weighted by Crippen LogP contribution is 2.63. The van der Waals surface area contributed by atoms with E-state index in [1.54, 1.807) is 0 Å². The fraction of sp³-hybridized carbons (Fsp3) is 0.500. The Morgan fingerprint density at radius 2 is 1.53 bits per heavy atom. The number of aliphatic hydroxyl groups is 1. The van der Waals surface area contributed by atoms with Crippen LogP contribution in [-0.2, 0) is 32.2 Å². The van der Waals surface area contributed by atoms with Gasteiger partial charge < -0.3 is 25.4 Å². The number of carbonyl (C=O) groups excluding carboxylic acids is 3. The summed E-state index contributed by atoms with van der Waals surface area (Å²) in [7, 11) is 0. The fourth-order valence-electron chi connectivity index (χ4n) is 6.82. The molecule has 0 aliphatic carbocycles. The first-order valence-electron chi connectivity index (χ1n) is 13.5. The molecule has 3 fully saturated rings. The van der Waals surface area contributed by atoms with Crippen LogP contribution >= 0.6 is 0 Å². The zero-order valence-electron chi connectivity index (χ0n) is 22.2. The maximum absolute atomic E-state index is 14.2. The number of carbonyl (C=O) groups is 3. The molecule has 0 saturated carbocycles. The lowest BCUT2D eigenvalue weighted by Gasteiger charge is -2.38. The third-order valence-electron chi connectivity index (χ3n) is 8.68. The first-order valence-corrected chi connectivity index (χ1v) is 13.5. The largest absolute Gasteiger partial charge is 0.394 e. The minimum atomic E-state index is -1.12. The number of likely N-dealkylation sites (tertiary alicyclic amines) is 1. The number of hydrogen-bond donors (Lipinski definition) is 3. The second-order valence-corrected chi connectivity index (χ2v) is 11.4. The van der Waals surface area contributed by atoms with Gasteiger partial charge in [0.05, 0.1) is 30.1 Å². The Morgan fingerprint density at radius 3 is 2.05 bits per heavy atom. The second kappa shape index (κ2) is 10.2. The summed E-state index contributed by atoms with van der Waals surface area (Å²) in [5.74, 6) is -2.47. The molecular formula is C30H37N3O5. The molecule has 8 heteroatoms. The average molecular weight is 520 g/mol. The van der Waals surface area contributed by atoms with Crippen molar-refractivity contribution in [3.8, 4) is 0 Å². The minimum Gasteiger partial charge on any atom is -0.394 e. The molecule has 3 amide bonds. The summed E-state index contributed by atoms with van der Waals surface area (Å²) in [4.78, 5) is 43.2. The molecular weight excluding hydrogens is 482 g/mol. The molecule has 5 rings (SSSR count). The van der Waals surface area contributed by atoms with E-state index in [-0.39, 0.29) is 30.2 Å². The van der Waals surface area contributed by atoms with Gasteiger partial charge in [0, 0.05) is 13.1 Å². The first-order chi connectivity index (χ1) is 18.2. The predicted molar refractivity (Wildman–Crippen MR) is 141 cm³/mol. The number of nitrogens with zero attached hydrogens (tertiary/aromatic N) is 1. The maximum Gasteiger partial charge on any atom is 0.246 e. The van der Waals surface area contributed by atoms with E-state index >= 15 is 0 Å². The average Bonchev–Trinajstić information content (AvgIpc) is 3.48. The van der Waals surface area contributed by atoms with Gasteiger partial charge in [0.25, 0.3) is 0 Å². The highest BCUT2D eigenvalue weighted by molar-refractivity contribution is 5.99. The molecule has 3 N–H and O–H groups in total. The SMILES string of the molecule is CC(C)[C@H](CO)N1C(=O)[C@@H]2[C@@H](C(=O)NCc3ccccc3)[C@@]3(C)CCC2(O3)C1C(=O)NCc1ccccc1. The van der Waals surface area contributed by atoms with Crippen molar-refractivity contribution in [1.29, 1.82) is 0 Å². The number of nitrogens with one attached hydrogen (secondary N) is 2. The molecule has 6 atom stereocenters. The molecule has 3 aliphatic heterocycles. The van der Waals surface area contributed by atoms with Gasteiger partial charge in [0.1, 0.15) is 11.6 Å². The third kappa shape index (κ3) is 4.29. The summed E-state index contributed by atoms with van der Waals surface area (Å²) >= 11 is 0. The summed E-state index contributed by atoms with van der Waals surface area (Å²) in [5, 5.41) is 16.3. The van der Waals surface area contributed by atoms with Crippen molar-refractivity contribution < 1.29 is 24.2 Å². The standard InChI is InChI=1S/C30H37N3O5/c1-19(2)22(18-34)33-25(27(36)32-17-21-12-8-5-9-13-21)30-15-14-29(3,38-30)23(24(30)28(33)37)26(35)31-16-20-10-6-4-7-11-20/h4-13,19,22-25,34H,14-18H2,1-3H3,(H,31,35)(H,32,36)/t22-,23-,24-,25?,29+,30?/m0/s1. The van der Waals surface area contributed by atoms with Crippen LogP contribution in [0, 0.1) is 17.8 Å². The minimum absolute atomic E-state index is 0.0956.